The number of aromatic nitrogens is 1. The molecule has 92 valence electrons. The van der Waals surface area contributed by atoms with Gasteiger partial charge in [-0.2, -0.15) is 0 Å². The number of para-hydroxylation sites is 1. The smallest absolute Gasteiger partial charge is 0.327 e. The van der Waals surface area contributed by atoms with E-state index in [2.05, 4.69) is 10.3 Å². The minimum absolute atomic E-state index is 0.251. The number of amides is 2. The molecule has 0 aliphatic carbocycles. The van der Waals surface area contributed by atoms with Crippen molar-refractivity contribution in [1.82, 2.24) is 4.98 Å². The third-order valence-electron chi connectivity index (χ3n) is 2.44. The molecule has 2 aromatic rings. The van der Waals surface area contributed by atoms with Gasteiger partial charge in [-0.15, -0.1) is 0 Å². The molecule has 0 radical (unpaired) electrons. The average molecular weight is 242 g/mol. The molecule has 0 bridgehead atoms. The van der Waals surface area contributed by atoms with Crippen molar-refractivity contribution in [3.05, 3.63) is 48.7 Å². The largest absolute Gasteiger partial charge is 0.397 e. The van der Waals surface area contributed by atoms with E-state index in [1.54, 1.807) is 19.2 Å². The summed E-state index contributed by atoms with van der Waals surface area (Å²) in [5, 5.41) is 2.77. The molecule has 0 saturated carbocycles. The van der Waals surface area contributed by atoms with Gasteiger partial charge in [-0.3, -0.25) is 4.90 Å². The number of anilines is 3. The van der Waals surface area contributed by atoms with Crippen LogP contribution in [0.3, 0.4) is 0 Å². The molecule has 0 unspecified atom stereocenters. The maximum atomic E-state index is 11.9. The number of hydrogen-bond acceptors (Lipinski definition) is 3. The lowest BCUT2D eigenvalue weighted by atomic mass is 10.3. The van der Waals surface area contributed by atoms with Crippen LogP contribution in [-0.2, 0) is 0 Å². The number of rotatable bonds is 2. The Bertz CT molecular complexity index is 524. The highest BCUT2D eigenvalue weighted by Gasteiger charge is 2.11. The summed E-state index contributed by atoms with van der Waals surface area (Å²) in [5.41, 5.74) is 6.85. The van der Waals surface area contributed by atoms with E-state index >= 15 is 0 Å². The standard InChI is InChI=1S/C13H14N4O/c1-17(12-8-7-10(14)9-15-12)13(18)16-11-5-3-2-4-6-11/h2-9H,14H2,1H3,(H,16,18). The molecule has 1 aromatic heterocycles. The van der Waals surface area contributed by atoms with E-state index in [4.69, 9.17) is 5.73 Å². The van der Waals surface area contributed by atoms with Crippen molar-refractivity contribution < 1.29 is 4.79 Å². The van der Waals surface area contributed by atoms with Gasteiger partial charge in [0.15, 0.2) is 0 Å². The molecule has 1 heterocycles. The van der Waals surface area contributed by atoms with E-state index in [0.29, 0.717) is 11.5 Å². The maximum absolute atomic E-state index is 11.9. The van der Waals surface area contributed by atoms with Crippen LogP contribution in [0.2, 0.25) is 0 Å². The number of benzene rings is 1. The van der Waals surface area contributed by atoms with Crippen molar-refractivity contribution >= 4 is 23.2 Å². The van der Waals surface area contributed by atoms with Gasteiger partial charge in [0.25, 0.3) is 0 Å². The molecular weight excluding hydrogens is 228 g/mol. The summed E-state index contributed by atoms with van der Waals surface area (Å²) in [6.07, 6.45) is 1.52. The van der Waals surface area contributed by atoms with Crippen molar-refractivity contribution in [2.45, 2.75) is 0 Å². The normalized spacial score (nSPS) is 9.83. The molecular formula is C13H14N4O. The fourth-order valence-electron chi connectivity index (χ4n) is 1.43. The summed E-state index contributed by atoms with van der Waals surface area (Å²) in [7, 11) is 1.65. The van der Waals surface area contributed by atoms with Crippen molar-refractivity contribution in [1.29, 1.82) is 0 Å². The van der Waals surface area contributed by atoms with Gasteiger partial charge in [-0.05, 0) is 24.3 Å². The van der Waals surface area contributed by atoms with Gasteiger partial charge in [0.2, 0.25) is 0 Å². The Kier molecular flexibility index (Phi) is 3.43. The van der Waals surface area contributed by atoms with Crippen molar-refractivity contribution in [2.75, 3.05) is 23.0 Å². The lowest BCUT2D eigenvalue weighted by molar-refractivity contribution is 0.258. The van der Waals surface area contributed by atoms with Gasteiger partial charge >= 0.3 is 6.03 Å². The van der Waals surface area contributed by atoms with Gasteiger partial charge < -0.3 is 11.1 Å². The molecule has 5 nitrogen and oxygen atoms in total. The van der Waals surface area contributed by atoms with Crippen molar-refractivity contribution in [3.63, 3.8) is 0 Å². The molecule has 0 fully saturated rings. The molecule has 1 aromatic carbocycles. The number of carbonyl (C=O) groups is 1. The molecule has 0 saturated heterocycles. The maximum Gasteiger partial charge on any atom is 0.327 e. The predicted molar refractivity (Wildman–Crippen MR) is 72.5 cm³/mol. The summed E-state index contributed by atoms with van der Waals surface area (Å²) in [4.78, 5) is 17.4. The Morgan fingerprint density at radius 3 is 2.56 bits per heavy atom. The molecule has 0 aliphatic rings. The quantitative estimate of drug-likeness (QED) is 0.849. The number of nitrogen functional groups attached to an aromatic ring is 1. The van der Waals surface area contributed by atoms with Crippen LogP contribution >= 0.6 is 0 Å². The fourth-order valence-corrected chi connectivity index (χ4v) is 1.43. The van der Waals surface area contributed by atoms with E-state index in [1.165, 1.54) is 11.1 Å². The zero-order valence-electron chi connectivity index (χ0n) is 10.00. The summed E-state index contributed by atoms with van der Waals surface area (Å²) in [5.74, 6) is 0.539. The van der Waals surface area contributed by atoms with Crippen LogP contribution in [0.5, 0.6) is 0 Å². The lowest BCUT2D eigenvalue weighted by Crippen LogP contribution is -2.31. The van der Waals surface area contributed by atoms with E-state index in [0.717, 1.165) is 5.69 Å². The Labute approximate surface area is 105 Å². The topological polar surface area (TPSA) is 71.2 Å². The zero-order chi connectivity index (χ0) is 13.0. The number of pyridine rings is 1. The van der Waals surface area contributed by atoms with Crippen LogP contribution in [0.1, 0.15) is 0 Å². The summed E-state index contributed by atoms with van der Waals surface area (Å²) in [6.45, 7) is 0. The highest BCUT2D eigenvalue weighted by atomic mass is 16.2. The molecule has 5 heteroatoms. The van der Waals surface area contributed by atoms with Gasteiger partial charge in [0.05, 0.1) is 11.9 Å². The summed E-state index contributed by atoms with van der Waals surface area (Å²) >= 11 is 0. The average Bonchev–Trinajstić information content (AvgIpc) is 2.40. The number of carbonyl (C=O) groups excluding carboxylic acids is 1. The van der Waals surface area contributed by atoms with Gasteiger partial charge in [-0.1, -0.05) is 18.2 Å². The van der Waals surface area contributed by atoms with E-state index in [9.17, 15) is 4.79 Å². The first-order valence-corrected chi connectivity index (χ1v) is 5.48. The van der Waals surface area contributed by atoms with Gasteiger partial charge in [0.1, 0.15) is 5.82 Å². The Balaban J connectivity index is 2.07. The monoisotopic (exact) mass is 242 g/mol. The third kappa shape index (κ3) is 2.76. The van der Waals surface area contributed by atoms with Crippen LogP contribution in [0, 0.1) is 0 Å². The van der Waals surface area contributed by atoms with Crippen LogP contribution in [-0.4, -0.2) is 18.1 Å². The number of hydrogen-bond donors (Lipinski definition) is 2. The minimum Gasteiger partial charge on any atom is -0.397 e. The molecule has 0 spiro atoms. The van der Waals surface area contributed by atoms with Crippen molar-refractivity contribution in [3.8, 4) is 0 Å². The minimum atomic E-state index is -0.251. The molecule has 2 rings (SSSR count). The second-order valence-electron chi connectivity index (χ2n) is 3.80. The molecule has 3 N–H and O–H groups in total. The Morgan fingerprint density at radius 2 is 1.94 bits per heavy atom. The first-order valence-electron chi connectivity index (χ1n) is 5.48. The zero-order valence-corrected chi connectivity index (χ0v) is 10.00. The predicted octanol–water partition coefficient (Wildman–Crippen LogP) is 2.33. The number of nitrogens with two attached hydrogens (primary N) is 1. The molecule has 18 heavy (non-hydrogen) atoms. The highest BCUT2D eigenvalue weighted by molar-refractivity contribution is 6.00. The molecule has 2 amide bonds. The van der Waals surface area contributed by atoms with Gasteiger partial charge in [0, 0.05) is 12.7 Å². The summed E-state index contributed by atoms with van der Waals surface area (Å²) < 4.78 is 0. The number of nitrogens with zero attached hydrogens (tertiary/aromatic N) is 2. The van der Waals surface area contributed by atoms with E-state index in [1.807, 2.05) is 30.3 Å². The third-order valence-corrected chi connectivity index (χ3v) is 2.44. The molecule has 0 aliphatic heterocycles. The van der Waals surface area contributed by atoms with Crippen LogP contribution < -0.4 is 16.0 Å². The first kappa shape index (κ1) is 11.9. The van der Waals surface area contributed by atoms with Crippen molar-refractivity contribution in [2.24, 2.45) is 0 Å². The highest BCUT2D eigenvalue weighted by Crippen LogP contribution is 2.13. The van der Waals surface area contributed by atoms with Crippen LogP contribution in [0.4, 0.5) is 22.0 Å². The first-order chi connectivity index (χ1) is 8.66. The van der Waals surface area contributed by atoms with Gasteiger partial charge in [-0.25, -0.2) is 9.78 Å². The Hall–Kier alpha value is -2.56. The second-order valence-corrected chi connectivity index (χ2v) is 3.80. The van der Waals surface area contributed by atoms with Crippen LogP contribution in [0.25, 0.3) is 0 Å². The number of nitrogens with one attached hydrogen (secondary N) is 1. The second kappa shape index (κ2) is 5.18. The fraction of sp³-hybridized carbons (Fsp3) is 0.0769. The van der Waals surface area contributed by atoms with E-state index < -0.39 is 0 Å². The number of urea groups is 1. The summed E-state index contributed by atoms with van der Waals surface area (Å²) in [6, 6.07) is 12.4. The van der Waals surface area contributed by atoms with E-state index in [-0.39, 0.29) is 6.03 Å². The Morgan fingerprint density at radius 1 is 1.22 bits per heavy atom. The lowest BCUT2D eigenvalue weighted by Gasteiger charge is -2.17. The SMILES string of the molecule is CN(C(=O)Nc1ccccc1)c1ccc(N)cn1. The molecule has 0 atom stereocenters. The van der Waals surface area contributed by atoms with Crippen LogP contribution in [0.15, 0.2) is 48.7 Å².